The first-order valence-corrected chi connectivity index (χ1v) is 9.49. The molecule has 1 aromatic heterocycles. The molecule has 2 aromatic carbocycles. The monoisotopic (exact) mass is 404 g/mol. The fourth-order valence-corrected chi connectivity index (χ4v) is 3.12. The van der Waals surface area contributed by atoms with Gasteiger partial charge in [0.1, 0.15) is 5.75 Å². The highest BCUT2D eigenvalue weighted by atomic mass is 16.6. The first-order chi connectivity index (χ1) is 14.6. The molecule has 0 bridgehead atoms. The number of esters is 2. The molecule has 0 aliphatic carbocycles. The molecular formula is C23H20N2O5. The van der Waals surface area contributed by atoms with Crippen LogP contribution in [0.1, 0.15) is 12.0 Å². The summed E-state index contributed by atoms with van der Waals surface area (Å²) in [5.41, 5.74) is 3.20. The van der Waals surface area contributed by atoms with E-state index in [1.807, 2.05) is 60.8 Å². The molecule has 7 heteroatoms. The van der Waals surface area contributed by atoms with Gasteiger partial charge in [0.15, 0.2) is 0 Å². The predicted molar refractivity (Wildman–Crippen MR) is 110 cm³/mol. The number of hydrogen-bond acceptors (Lipinski definition) is 6. The van der Waals surface area contributed by atoms with E-state index < -0.39 is 18.0 Å². The molecule has 1 fully saturated rings. The molecule has 0 spiro atoms. The summed E-state index contributed by atoms with van der Waals surface area (Å²) in [6.45, 7) is 0.270. The summed E-state index contributed by atoms with van der Waals surface area (Å²) < 4.78 is 17.0. The minimum Gasteiger partial charge on any atom is -0.497 e. The molecule has 1 aliphatic heterocycles. The lowest BCUT2D eigenvalue weighted by Gasteiger charge is -2.05. The number of methoxy groups -OCH3 is 1. The predicted octanol–water partition coefficient (Wildman–Crippen LogP) is 3.42. The van der Waals surface area contributed by atoms with E-state index in [1.165, 1.54) is 6.08 Å². The van der Waals surface area contributed by atoms with Crippen molar-refractivity contribution in [3.05, 3.63) is 72.4 Å². The van der Waals surface area contributed by atoms with Crippen LogP contribution in [0.25, 0.3) is 23.0 Å². The van der Waals surface area contributed by atoms with Gasteiger partial charge in [-0.25, -0.2) is 14.3 Å². The first-order valence-electron chi connectivity index (χ1n) is 9.49. The molecule has 1 saturated heterocycles. The number of carbonyl (C=O) groups is 2. The van der Waals surface area contributed by atoms with Crippen LogP contribution < -0.4 is 4.74 Å². The van der Waals surface area contributed by atoms with Crippen molar-refractivity contribution in [2.75, 3.05) is 13.7 Å². The van der Waals surface area contributed by atoms with E-state index in [0.29, 0.717) is 12.1 Å². The number of hydrogen-bond donors (Lipinski definition) is 0. The molecule has 152 valence electrons. The van der Waals surface area contributed by atoms with Gasteiger partial charge in [0.2, 0.25) is 6.10 Å². The van der Waals surface area contributed by atoms with E-state index in [1.54, 1.807) is 17.9 Å². The SMILES string of the molecule is COc1ccc(-c2nn(-c3ccccc3)cc2/C=C/C(=O)O[C@@H]2CCOC2=O)cc1. The van der Waals surface area contributed by atoms with E-state index in [4.69, 9.17) is 19.3 Å². The second-order valence-electron chi connectivity index (χ2n) is 6.66. The third kappa shape index (κ3) is 4.25. The maximum atomic E-state index is 12.2. The third-order valence-electron chi connectivity index (χ3n) is 4.67. The standard InChI is InChI=1S/C23H20N2O5/c1-28-19-10-7-16(8-11-19)22-17(15-25(24-22)18-5-3-2-4-6-18)9-12-21(26)30-20-13-14-29-23(20)27/h2-12,15,20H,13-14H2,1H3/b12-9+/t20-/m1/s1. The Labute approximate surface area is 173 Å². The van der Waals surface area contributed by atoms with Crippen LogP contribution in [-0.4, -0.2) is 41.5 Å². The van der Waals surface area contributed by atoms with Crippen molar-refractivity contribution in [1.29, 1.82) is 0 Å². The summed E-state index contributed by atoms with van der Waals surface area (Å²) in [6, 6.07) is 17.2. The van der Waals surface area contributed by atoms with Gasteiger partial charge in [-0.2, -0.15) is 5.10 Å². The maximum Gasteiger partial charge on any atom is 0.347 e. The van der Waals surface area contributed by atoms with Crippen molar-refractivity contribution in [2.24, 2.45) is 0 Å². The van der Waals surface area contributed by atoms with Crippen molar-refractivity contribution in [2.45, 2.75) is 12.5 Å². The van der Waals surface area contributed by atoms with Gasteiger partial charge < -0.3 is 14.2 Å². The lowest BCUT2D eigenvalue weighted by molar-refractivity contribution is -0.156. The van der Waals surface area contributed by atoms with Gasteiger partial charge in [-0.05, 0) is 42.5 Å². The maximum absolute atomic E-state index is 12.2. The van der Waals surface area contributed by atoms with Gasteiger partial charge in [-0.15, -0.1) is 0 Å². The zero-order chi connectivity index (χ0) is 20.9. The Morgan fingerprint density at radius 3 is 2.60 bits per heavy atom. The summed E-state index contributed by atoms with van der Waals surface area (Å²) in [5.74, 6) is -0.370. The lowest BCUT2D eigenvalue weighted by Crippen LogP contribution is -2.21. The van der Waals surface area contributed by atoms with Crippen LogP contribution in [0.2, 0.25) is 0 Å². The van der Waals surface area contributed by atoms with Crippen LogP contribution in [0.3, 0.4) is 0 Å². The van der Waals surface area contributed by atoms with E-state index in [0.717, 1.165) is 22.6 Å². The van der Waals surface area contributed by atoms with Crippen LogP contribution in [0.4, 0.5) is 0 Å². The van der Waals surface area contributed by atoms with Crippen molar-refractivity contribution < 1.29 is 23.8 Å². The first kappa shape index (κ1) is 19.4. The summed E-state index contributed by atoms with van der Waals surface area (Å²) in [4.78, 5) is 23.7. The Morgan fingerprint density at radius 2 is 1.93 bits per heavy atom. The summed E-state index contributed by atoms with van der Waals surface area (Å²) in [5, 5.41) is 4.70. The average molecular weight is 404 g/mol. The van der Waals surface area contributed by atoms with E-state index >= 15 is 0 Å². The van der Waals surface area contributed by atoms with Crippen LogP contribution in [-0.2, 0) is 19.1 Å². The Bertz CT molecular complexity index is 1070. The average Bonchev–Trinajstić information content (AvgIpc) is 3.39. The molecule has 0 radical (unpaired) electrons. The zero-order valence-electron chi connectivity index (χ0n) is 16.4. The van der Waals surface area contributed by atoms with E-state index in [2.05, 4.69) is 0 Å². The third-order valence-corrected chi connectivity index (χ3v) is 4.67. The number of carbonyl (C=O) groups excluding carboxylic acids is 2. The number of benzene rings is 2. The summed E-state index contributed by atoms with van der Waals surface area (Å²) in [6.07, 6.45) is 4.30. The second kappa shape index (κ2) is 8.65. The van der Waals surface area contributed by atoms with Gasteiger partial charge >= 0.3 is 11.9 Å². The Balaban J connectivity index is 1.63. The van der Waals surface area contributed by atoms with Gasteiger partial charge in [-0.1, -0.05) is 18.2 Å². The molecule has 3 aromatic rings. The number of ether oxygens (including phenoxy) is 3. The quantitative estimate of drug-likeness (QED) is 0.463. The zero-order valence-corrected chi connectivity index (χ0v) is 16.4. The molecule has 30 heavy (non-hydrogen) atoms. The van der Waals surface area contributed by atoms with Gasteiger partial charge in [-0.3, -0.25) is 0 Å². The fraction of sp³-hybridized carbons (Fsp3) is 0.174. The second-order valence-corrected chi connectivity index (χ2v) is 6.66. The molecule has 0 unspecified atom stereocenters. The van der Waals surface area contributed by atoms with Crippen LogP contribution in [0.5, 0.6) is 5.75 Å². The number of para-hydroxylation sites is 1. The lowest BCUT2D eigenvalue weighted by atomic mass is 10.1. The number of rotatable bonds is 6. The molecule has 4 rings (SSSR count). The Kier molecular flexibility index (Phi) is 5.61. The van der Waals surface area contributed by atoms with Gasteiger partial charge in [0, 0.05) is 29.8 Å². The Morgan fingerprint density at radius 1 is 1.17 bits per heavy atom. The smallest absolute Gasteiger partial charge is 0.347 e. The highest BCUT2D eigenvalue weighted by molar-refractivity contribution is 5.91. The van der Waals surface area contributed by atoms with Crippen LogP contribution >= 0.6 is 0 Å². The normalized spacial score (nSPS) is 15.9. The number of cyclic esters (lactones) is 1. The molecule has 0 N–H and O–H groups in total. The summed E-state index contributed by atoms with van der Waals surface area (Å²) >= 11 is 0. The molecule has 2 heterocycles. The van der Waals surface area contributed by atoms with Crippen molar-refractivity contribution in [3.8, 4) is 22.7 Å². The molecular weight excluding hydrogens is 384 g/mol. The van der Waals surface area contributed by atoms with Gasteiger partial charge in [0.25, 0.3) is 0 Å². The molecule has 7 nitrogen and oxygen atoms in total. The van der Waals surface area contributed by atoms with E-state index in [9.17, 15) is 9.59 Å². The van der Waals surface area contributed by atoms with Crippen molar-refractivity contribution in [1.82, 2.24) is 9.78 Å². The van der Waals surface area contributed by atoms with Crippen molar-refractivity contribution >= 4 is 18.0 Å². The number of aromatic nitrogens is 2. The highest BCUT2D eigenvalue weighted by Crippen LogP contribution is 2.27. The molecule has 1 aliphatic rings. The summed E-state index contributed by atoms with van der Waals surface area (Å²) in [7, 11) is 1.61. The molecule has 1 atom stereocenters. The van der Waals surface area contributed by atoms with Crippen LogP contribution in [0, 0.1) is 0 Å². The van der Waals surface area contributed by atoms with E-state index in [-0.39, 0.29) is 6.61 Å². The minimum atomic E-state index is -0.838. The molecule has 0 saturated carbocycles. The van der Waals surface area contributed by atoms with Crippen molar-refractivity contribution in [3.63, 3.8) is 0 Å². The van der Waals surface area contributed by atoms with Crippen LogP contribution in [0.15, 0.2) is 66.9 Å². The Hall–Kier alpha value is -3.87. The topological polar surface area (TPSA) is 79.7 Å². The number of nitrogens with zero attached hydrogens (tertiary/aromatic N) is 2. The highest BCUT2D eigenvalue weighted by Gasteiger charge is 2.29. The fourth-order valence-electron chi connectivity index (χ4n) is 3.12. The largest absolute Gasteiger partial charge is 0.497 e. The molecule has 0 amide bonds. The minimum absolute atomic E-state index is 0.270. The van der Waals surface area contributed by atoms with Gasteiger partial charge in [0.05, 0.1) is 25.1 Å².